The third-order valence-corrected chi connectivity index (χ3v) is 4.84. The van der Waals surface area contributed by atoms with E-state index >= 15 is 0 Å². The average Bonchev–Trinajstić information content (AvgIpc) is 2.62. The minimum absolute atomic E-state index is 0.324. The van der Waals surface area contributed by atoms with Crippen molar-refractivity contribution in [3.8, 4) is 11.3 Å². The number of aryl methyl sites for hydroxylation is 3. The maximum Gasteiger partial charge on any atom is 0.130 e. The van der Waals surface area contributed by atoms with Gasteiger partial charge in [-0.1, -0.05) is 48.0 Å². The van der Waals surface area contributed by atoms with Gasteiger partial charge in [0.05, 0.1) is 11.7 Å². The van der Waals surface area contributed by atoms with Crippen molar-refractivity contribution in [2.24, 2.45) is 0 Å². The molecular formula is C22H23N3. The number of nitrogens with one attached hydrogen (secondary N) is 1. The highest BCUT2D eigenvalue weighted by Crippen LogP contribution is 2.32. The second kappa shape index (κ2) is 6.67. The fraction of sp³-hybridized carbons (Fsp3) is 0.273. The fourth-order valence-electron chi connectivity index (χ4n) is 3.68. The van der Waals surface area contributed by atoms with E-state index in [1.54, 1.807) is 0 Å². The SMILES string of the molecule is Cc1cccc(-c2cc(NC3CCCc4ccccc43)nc(C)n2)c1. The second-order valence-corrected chi connectivity index (χ2v) is 6.84. The van der Waals surface area contributed by atoms with Gasteiger partial charge in [0, 0.05) is 11.6 Å². The van der Waals surface area contributed by atoms with Crippen molar-refractivity contribution in [3.63, 3.8) is 0 Å². The standard InChI is InChI=1S/C22H23N3/c1-15-7-5-10-18(13-15)21-14-22(24-16(2)23-21)25-20-12-6-9-17-8-3-4-11-19(17)20/h3-5,7-8,10-11,13-14,20H,6,9,12H2,1-2H3,(H,23,24,25). The van der Waals surface area contributed by atoms with E-state index in [9.17, 15) is 0 Å². The Kier molecular flexibility index (Phi) is 4.22. The Balaban J connectivity index is 1.66. The van der Waals surface area contributed by atoms with Gasteiger partial charge in [-0.15, -0.1) is 0 Å². The maximum atomic E-state index is 4.63. The maximum absolute atomic E-state index is 4.63. The highest BCUT2D eigenvalue weighted by Gasteiger charge is 2.20. The zero-order valence-electron chi connectivity index (χ0n) is 14.8. The van der Waals surface area contributed by atoms with Gasteiger partial charge < -0.3 is 5.32 Å². The summed E-state index contributed by atoms with van der Waals surface area (Å²) in [5.41, 5.74) is 6.21. The van der Waals surface area contributed by atoms with Crippen LogP contribution in [0.25, 0.3) is 11.3 Å². The number of rotatable bonds is 3. The van der Waals surface area contributed by atoms with Crippen LogP contribution in [0.1, 0.15) is 41.4 Å². The first-order chi connectivity index (χ1) is 12.2. The van der Waals surface area contributed by atoms with Crippen LogP contribution >= 0.6 is 0 Å². The summed E-state index contributed by atoms with van der Waals surface area (Å²) in [5, 5.41) is 3.65. The van der Waals surface area contributed by atoms with Gasteiger partial charge in [0.1, 0.15) is 11.6 Å². The van der Waals surface area contributed by atoms with Crippen LogP contribution in [-0.2, 0) is 6.42 Å². The predicted molar refractivity (Wildman–Crippen MR) is 103 cm³/mol. The topological polar surface area (TPSA) is 37.8 Å². The number of aromatic nitrogens is 2. The van der Waals surface area contributed by atoms with Gasteiger partial charge in [0.25, 0.3) is 0 Å². The van der Waals surface area contributed by atoms with Crippen LogP contribution < -0.4 is 5.32 Å². The van der Waals surface area contributed by atoms with Crippen LogP contribution in [0.5, 0.6) is 0 Å². The van der Waals surface area contributed by atoms with Crippen LogP contribution in [0.15, 0.2) is 54.6 Å². The molecule has 0 amide bonds. The van der Waals surface area contributed by atoms with Crippen molar-refractivity contribution >= 4 is 5.82 Å². The molecule has 0 saturated carbocycles. The highest BCUT2D eigenvalue weighted by molar-refractivity contribution is 5.63. The molecule has 3 aromatic rings. The number of fused-ring (bicyclic) bond motifs is 1. The summed E-state index contributed by atoms with van der Waals surface area (Å²) in [6.07, 6.45) is 3.52. The molecule has 25 heavy (non-hydrogen) atoms. The van der Waals surface area contributed by atoms with E-state index in [2.05, 4.69) is 76.8 Å². The van der Waals surface area contributed by atoms with Crippen molar-refractivity contribution in [2.45, 2.75) is 39.2 Å². The van der Waals surface area contributed by atoms with E-state index < -0.39 is 0 Å². The van der Waals surface area contributed by atoms with E-state index in [4.69, 9.17) is 0 Å². The molecule has 0 bridgehead atoms. The quantitative estimate of drug-likeness (QED) is 0.713. The lowest BCUT2D eigenvalue weighted by molar-refractivity contribution is 0.598. The molecule has 0 fully saturated rings. The predicted octanol–water partition coefficient (Wildman–Crippen LogP) is 5.25. The van der Waals surface area contributed by atoms with Gasteiger partial charge in [-0.3, -0.25) is 0 Å². The first kappa shape index (κ1) is 15.8. The lowest BCUT2D eigenvalue weighted by Crippen LogP contribution is -2.18. The van der Waals surface area contributed by atoms with Crippen molar-refractivity contribution in [1.82, 2.24) is 9.97 Å². The monoisotopic (exact) mass is 329 g/mol. The molecule has 4 rings (SSSR count). The number of nitrogens with zero attached hydrogens (tertiary/aromatic N) is 2. The molecule has 126 valence electrons. The van der Waals surface area contributed by atoms with Crippen molar-refractivity contribution in [2.75, 3.05) is 5.32 Å². The minimum Gasteiger partial charge on any atom is -0.363 e. The van der Waals surface area contributed by atoms with Crippen LogP contribution in [0, 0.1) is 13.8 Å². The molecule has 1 unspecified atom stereocenters. The molecule has 3 nitrogen and oxygen atoms in total. The van der Waals surface area contributed by atoms with E-state index in [1.165, 1.54) is 29.5 Å². The number of hydrogen-bond acceptors (Lipinski definition) is 3. The molecule has 0 radical (unpaired) electrons. The molecule has 1 atom stereocenters. The Morgan fingerprint density at radius 3 is 2.72 bits per heavy atom. The molecule has 1 N–H and O–H groups in total. The summed E-state index contributed by atoms with van der Waals surface area (Å²) < 4.78 is 0. The number of benzene rings is 2. The molecule has 0 saturated heterocycles. The third-order valence-electron chi connectivity index (χ3n) is 4.84. The van der Waals surface area contributed by atoms with E-state index in [1.807, 2.05) is 6.92 Å². The lowest BCUT2D eigenvalue weighted by atomic mass is 9.88. The molecule has 0 aliphatic heterocycles. The van der Waals surface area contributed by atoms with Crippen molar-refractivity contribution in [3.05, 3.63) is 77.1 Å². The van der Waals surface area contributed by atoms with Crippen LogP contribution in [0.2, 0.25) is 0 Å². The molecule has 1 aromatic heterocycles. The van der Waals surface area contributed by atoms with E-state index in [0.29, 0.717) is 6.04 Å². The van der Waals surface area contributed by atoms with Crippen molar-refractivity contribution in [1.29, 1.82) is 0 Å². The van der Waals surface area contributed by atoms with Crippen LogP contribution in [0.4, 0.5) is 5.82 Å². The molecule has 2 aromatic carbocycles. The minimum atomic E-state index is 0.324. The first-order valence-electron chi connectivity index (χ1n) is 8.96. The Bertz CT molecular complexity index is 901. The normalized spacial score (nSPS) is 16.3. The second-order valence-electron chi connectivity index (χ2n) is 6.84. The summed E-state index contributed by atoms with van der Waals surface area (Å²) in [6, 6.07) is 19.6. The Hall–Kier alpha value is -2.68. The third kappa shape index (κ3) is 3.41. The van der Waals surface area contributed by atoms with Gasteiger partial charge in [-0.25, -0.2) is 9.97 Å². The molecule has 1 aliphatic carbocycles. The van der Waals surface area contributed by atoms with Gasteiger partial charge >= 0.3 is 0 Å². The Morgan fingerprint density at radius 1 is 0.960 bits per heavy atom. The first-order valence-corrected chi connectivity index (χ1v) is 8.96. The number of hydrogen-bond donors (Lipinski definition) is 1. The highest BCUT2D eigenvalue weighted by atomic mass is 15.0. The van der Waals surface area contributed by atoms with E-state index in [-0.39, 0.29) is 0 Å². The Morgan fingerprint density at radius 2 is 1.84 bits per heavy atom. The molecule has 0 spiro atoms. The average molecular weight is 329 g/mol. The van der Waals surface area contributed by atoms with Gasteiger partial charge in [-0.05, 0) is 50.3 Å². The van der Waals surface area contributed by atoms with Gasteiger partial charge in [-0.2, -0.15) is 0 Å². The van der Waals surface area contributed by atoms with Crippen molar-refractivity contribution < 1.29 is 0 Å². The molecule has 1 heterocycles. The van der Waals surface area contributed by atoms with Gasteiger partial charge in [0.2, 0.25) is 0 Å². The number of anilines is 1. The zero-order chi connectivity index (χ0) is 17.2. The Labute approximate surface area is 149 Å². The zero-order valence-corrected chi connectivity index (χ0v) is 14.8. The summed E-state index contributed by atoms with van der Waals surface area (Å²) >= 11 is 0. The van der Waals surface area contributed by atoms with Gasteiger partial charge in [0.15, 0.2) is 0 Å². The largest absolute Gasteiger partial charge is 0.363 e. The smallest absolute Gasteiger partial charge is 0.130 e. The van der Waals surface area contributed by atoms with E-state index in [0.717, 1.165) is 29.3 Å². The summed E-state index contributed by atoms with van der Waals surface area (Å²) in [7, 11) is 0. The summed E-state index contributed by atoms with van der Waals surface area (Å²) in [5.74, 6) is 1.70. The van der Waals surface area contributed by atoms with Crippen LogP contribution in [0.3, 0.4) is 0 Å². The molecular weight excluding hydrogens is 306 g/mol. The summed E-state index contributed by atoms with van der Waals surface area (Å²) in [6.45, 7) is 4.06. The lowest BCUT2D eigenvalue weighted by Gasteiger charge is -2.27. The van der Waals surface area contributed by atoms with Crippen LogP contribution in [-0.4, -0.2) is 9.97 Å². The summed E-state index contributed by atoms with van der Waals surface area (Å²) in [4.78, 5) is 9.26. The fourth-order valence-corrected chi connectivity index (χ4v) is 3.68. The molecule has 3 heteroatoms. The molecule has 1 aliphatic rings.